The number of fused-ring (bicyclic) bond motifs is 1. The summed E-state index contributed by atoms with van der Waals surface area (Å²) in [5, 5.41) is 2.72. The van der Waals surface area contributed by atoms with Crippen molar-refractivity contribution in [3.05, 3.63) is 58.3 Å². The molecule has 1 N–H and O–H groups in total. The topological polar surface area (TPSA) is 84.9 Å². The van der Waals surface area contributed by atoms with Crippen molar-refractivity contribution >= 4 is 39.4 Å². The zero-order chi connectivity index (χ0) is 21.0. The molecule has 0 saturated carbocycles. The first-order valence-corrected chi connectivity index (χ1v) is 9.51. The van der Waals surface area contributed by atoms with E-state index < -0.39 is 23.7 Å². The minimum Gasteiger partial charge on any atom is -0.482 e. The lowest BCUT2D eigenvalue weighted by atomic mass is 10.0. The molecule has 1 unspecified atom stereocenters. The number of rotatable bonds is 6. The third-order valence-corrected chi connectivity index (χ3v) is 4.87. The van der Waals surface area contributed by atoms with Gasteiger partial charge >= 0.3 is 5.97 Å². The third kappa shape index (κ3) is 5.11. The highest BCUT2D eigenvalue weighted by atomic mass is 79.9. The van der Waals surface area contributed by atoms with Crippen LogP contribution in [0.5, 0.6) is 5.75 Å². The quantitative estimate of drug-likeness (QED) is 0.664. The number of ether oxygens (including phenoxy) is 2. The van der Waals surface area contributed by atoms with Gasteiger partial charge in [0.25, 0.3) is 5.91 Å². The molecule has 29 heavy (non-hydrogen) atoms. The van der Waals surface area contributed by atoms with Crippen molar-refractivity contribution < 1.29 is 28.2 Å². The van der Waals surface area contributed by atoms with Crippen LogP contribution < -0.4 is 15.0 Å². The van der Waals surface area contributed by atoms with Crippen LogP contribution >= 0.6 is 15.9 Å². The van der Waals surface area contributed by atoms with Crippen molar-refractivity contribution in [1.82, 2.24) is 5.32 Å². The monoisotopic (exact) mass is 464 g/mol. The summed E-state index contributed by atoms with van der Waals surface area (Å²) >= 11 is 3.34. The molecular formula is C20H18BrFN2O5. The normalized spacial score (nSPS) is 13.9. The zero-order valence-electron chi connectivity index (χ0n) is 15.5. The van der Waals surface area contributed by atoms with Crippen LogP contribution in [0.25, 0.3) is 0 Å². The summed E-state index contributed by atoms with van der Waals surface area (Å²) in [6.07, 6.45) is -0.130. The van der Waals surface area contributed by atoms with E-state index >= 15 is 0 Å². The summed E-state index contributed by atoms with van der Waals surface area (Å²) in [6.45, 7) is -0.435. The van der Waals surface area contributed by atoms with Crippen molar-refractivity contribution in [2.24, 2.45) is 0 Å². The molecule has 1 heterocycles. The summed E-state index contributed by atoms with van der Waals surface area (Å²) in [6, 6.07) is 9.85. The highest BCUT2D eigenvalue weighted by Crippen LogP contribution is 2.34. The second-order valence-electron chi connectivity index (χ2n) is 6.33. The molecule has 0 spiro atoms. The van der Waals surface area contributed by atoms with Gasteiger partial charge in [-0.15, -0.1) is 0 Å². The van der Waals surface area contributed by atoms with E-state index in [1.165, 1.54) is 36.3 Å². The molecule has 0 saturated heterocycles. The van der Waals surface area contributed by atoms with Crippen molar-refractivity contribution in [2.75, 3.05) is 25.2 Å². The lowest BCUT2D eigenvalue weighted by Crippen LogP contribution is -2.46. The number of hydrogen-bond donors (Lipinski definition) is 1. The molecule has 3 rings (SSSR count). The van der Waals surface area contributed by atoms with Gasteiger partial charge in [0.15, 0.2) is 6.61 Å². The molecule has 0 radical (unpaired) electrons. The van der Waals surface area contributed by atoms with E-state index in [4.69, 9.17) is 4.74 Å². The Morgan fingerprint density at radius 2 is 2.00 bits per heavy atom. The molecule has 2 amide bonds. The zero-order valence-corrected chi connectivity index (χ0v) is 17.1. The number of amides is 2. The van der Waals surface area contributed by atoms with E-state index in [0.717, 1.165) is 4.47 Å². The summed E-state index contributed by atoms with van der Waals surface area (Å²) < 4.78 is 24.1. The van der Waals surface area contributed by atoms with Crippen molar-refractivity contribution in [2.45, 2.75) is 12.5 Å². The molecule has 0 aliphatic carbocycles. The van der Waals surface area contributed by atoms with Gasteiger partial charge in [-0.25, -0.2) is 4.39 Å². The Bertz CT molecular complexity index is 935. The van der Waals surface area contributed by atoms with Gasteiger partial charge in [0, 0.05) is 4.47 Å². The van der Waals surface area contributed by atoms with Gasteiger partial charge in [0.05, 0.1) is 25.3 Å². The lowest BCUT2D eigenvalue weighted by Gasteiger charge is -2.29. The number of esters is 1. The maximum absolute atomic E-state index is 13.2. The van der Waals surface area contributed by atoms with Crippen LogP contribution in [0.1, 0.15) is 18.0 Å². The highest BCUT2D eigenvalue weighted by Gasteiger charge is 2.28. The molecule has 1 aliphatic heterocycles. The minimum absolute atomic E-state index is 0.130. The van der Waals surface area contributed by atoms with Crippen LogP contribution in [-0.4, -0.2) is 38.0 Å². The second kappa shape index (κ2) is 9.04. The average molecular weight is 465 g/mol. The number of methoxy groups -OCH3 is 1. The maximum Gasteiger partial charge on any atom is 0.307 e. The molecule has 0 bridgehead atoms. The number of anilines is 1. The molecule has 2 aromatic carbocycles. The molecule has 1 atom stereocenters. The Balaban J connectivity index is 1.77. The molecule has 2 aromatic rings. The largest absolute Gasteiger partial charge is 0.482 e. The van der Waals surface area contributed by atoms with Gasteiger partial charge in [-0.3, -0.25) is 19.3 Å². The molecule has 152 valence electrons. The van der Waals surface area contributed by atoms with E-state index in [9.17, 15) is 18.8 Å². The van der Waals surface area contributed by atoms with Gasteiger partial charge in [0.2, 0.25) is 5.91 Å². The Kier molecular flexibility index (Phi) is 6.48. The van der Waals surface area contributed by atoms with Crippen LogP contribution in [0, 0.1) is 5.82 Å². The number of halogens is 2. The number of nitrogens with one attached hydrogen (secondary N) is 1. The predicted molar refractivity (Wildman–Crippen MR) is 106 cm³/mol. The van der Waals surface area contributed by atoms with Gasteiger partial charge in [0.1, 0.15) is 18.1 Å². The fourth-order valence-electron chi connectivity index (χ4n) is 2.93. The summed E-state index contributed by atoms with van der Waals surface area (Å²) in [5.41, 5.74) is 1.02. The maximum atomic E-state index is 13.2. The summed E-state index contributed by atoms with van der Waals surface area (Å²) in [7, 11) is 1.24. The second-order valence-corrected chi connectivity index (χ2v) is 7.25. The van der Waals surface area contributed by atoms with Crippen molar-refractivity contribution in [3.63, 3.8) is 0 Å². The van der Waals surface area contributed by atoms with Crippen molar-refractivity contribution in [1.29, 1.82) is 0 Å². The van der Waals surface area contributed by atoms with Crippen LogP contribution in [-0.2, 0) is 19.1 Å². The van der Waals surface area contributed by atoms with E-state index in [1.807, 2.05) is 0 Å². The Labute approximate surface area is 174 Å². The Morgan fingerprint density at radius 3 is 2.69 bits per heavy atom. The number of carbonyl (C=O) groups is 3. The number of nitrogens with zero attached hydrogens (tertiary/aromatic N) is 1. The summed E-state index contributed by atoms with van der Waals surface area (Å²) in [4.78, 5) is 38.0. The van der Waals surface area contributed by atoms with Crippen LogP contribution in [0.2, 0.25) is 0 Å². The molecular weight excluding hydrogens is 447 g/mol. The fourth-order valence-corrected chi connectivity index (χ4v) is 3.27. The van der Waals surface area contributed by atoms with Crippen molar-refractivity contribution in [3.8, 4) is 5.75 Å². The first kappa shape index (κ1) is 20.8. The molecule has 0 aromatic heterocycles. The molecule has 1 aliphatic rings. The van der Waals surface area contributed by atoms with Gasteiger partial charge in [-0.2, -0.15) is 0 Å². The van der Waals surface area contributed by atoms with Gasteiger partial charge < -0.3 is 14.8 Å². The Hall–Kier alpha value is -2.94. The smallest absolute Gasteiger partial charge is 0.307 e. The summed E-state index contributed by atoms with van der Waals surface area (Å²) in [5.74, 6) is -1.32. The first-order chi connectivity index (χ1) is 13.9. The number of hydrogen-bond acceptors (Lipinski definition) is 5. The predicted octanol–water partition coefficient (Wildman–Crippen LogP) is 2.73. The SMILES string of the molecule is COC(=O)CC(NC(=O)CN1C(=O)COc2cc(Br)ccc21)c1ccc(F)cc1. The lowest BCUT2D eigenvalue weighted by molar-refractivity contribution is -0.141. The highest BCUT2D eigenvalue weighted by molar-refractivity contribution is 9.10. The fraction of sp³-hybridized carbons (Fsp3) is 0.250. The van der Waals surface area contributed by atoms with E-state index in [2.05, 4.69) is 26.0 Å². The van der Waals surface area contributed by atoms with E-state index in [1.54, 1.807) is 18.2 Å². The van der Waals surface area contributed by atoms with Crippen LogP contribution in [0.4, 0.5) is 10.1 Å². The Morgan fingerprint density at radius 1 is 1.28 bits per heavy atom. The molecule has 9 heteroatoms. The molecule has 7 nitrogen and oxygen atoms in total. The average Bonchev–Trinajstić information content (AvgIpc) is 2.70. The van der Waals surface area contributed by atoms with E-state index in [-0.39, 0.29) is 25.5 Å². The van der Waals surface area contributed by atoms with Gasteiger partial charge in [-0.05, 0) is 35.9 Å². The third-order valence-electron chi connectivity index (χ3n) is 4.37. The minimum atomic E-state index is -0.726. The molecule has 0 fully saturated rings. The van der Waals surface area contributed by atoms with Crippen LogP contribution in [0.3, 0.4) is 0 Å². The first-order valence-electron chi connectivity index (χ1n) is 8.71. The standard InChI is InChI=1S/C20H18BrFN2O5/c1-28-20(27)9-15(12-2-5-14(22)6-3-12)23-18(25)10-24-16-7-4-13(21)8-17(16)29-11-19(24)26/h2-8,15H,9-11H2,1H3,(H,23,25). The van der Waals surface area contributed by atoms with E-state index in [0.29, 0.717) is 17.0 Å². The van der Waals surface area contributed by atoms with Gasteiger partial charge in [-0.1, -0.05) is 28.1 Å². The number of benzene rings is 2. The number of carbonyl (C=O) groups excluding carboxylic acids is 3. The van der Waals surface area contributed by atoms with Crippen LogP contribution in [0.15, 0.2) is 46.9 Å².